The Kier molecular flexibility index (Phi) is 4.22. The van der Waals surface area contributed by atoms with E-state index in [0.29, 0.717) is 32.9 Å². The smallest absolute Gasteiger partial charge is 0.257 e. The third-order valence-corrected chi connectivity index (χ3v) is 4.33. The molecule has 0 bridgehead atoms. The van der Waals surface area contributed by atoms with Crippen molar-refractivity contribution in [3.05, 3.63) is 63.8 Å². The first-order valence-electron chi connectivity index (χ1n) is 7.74. The predicted molar refractivity (Wildman–Crippen MR) is 98.8 cm³/mol. The Morgan fingerprint density at radius 2 is 2.04 bits per heavy atom. The Labute approximate surface area is 159 Å². The van der Waals surface area contributed by atoms with Gasteiger partial charge in [-0.25, -0.2) is 4.68 Å². The molecule has 1 aliphatic heterocycles. The van der Waals surface area contributed by atoms with E-state index in [1.807, 2.05) is 19.1 Å². The average molecular weight is 390 g/mol. The number of hydrogen-bond acceptors (Lipinski definition) is 4. The molecule has 1 aliphatic rings. The number of hydrogen-bond donors (Lipinski definition) is 1. The quantitative estimate of drug-likeness (QED) is 0.717. The fourth-order valence-electron chi connectivity index (χ4n) is 2.68. The van der Waals surface area contributed by atoms with Crippen LogP contribution in [-0.4, -0.2) is 22.5 Å². The van der Waals surface area contributed by atoms with Crippen LogP contribution < -0.4 is 14.8 Å². The van der Waals surface area contributed by atoms with Crippen LogP contribution >= 0.6 is 23.2 Å². The van der Waals surface area contributed by atoms with Crippen LogP contribution in [0, 0.1) is 6.92 Å². The highest BCUT2D eigenvalue weighted by atomic mass is 35.5. The zero-order valence-corrected chi connectivity index (χ0v) is 15.1. The van der Waals surface area contributed by atoms with E-state index in [9.17, 15) is 4.79 Å². The molecule has 3 aromatic rings. The Morgan fingerprint density at radius 3 is 2.85 bits per heavy atom. The maximum Gasteiger partial charge on any atom is 0.257 e. The summed E-state index contributed by atoms with van der Waals surface area (Å²) in [4.78, 5) is 12.7. The molecule has 8 heteroatoms. The molecule has 0 atom stereocenters. The normalized spacial score (nSPS) is 12.3. The van der Waals surface area contributed by atoms with Crippen molar-refractivity contribution in [2.75, 3.05) is 12.1 Å². The van der Waals surface area contributed by atoms with Crippen molar-refractivity contribution in [1.29, 1.82) is 0 Å². The second kappa shape index (κ2) is 6.55. The molecule has 0 aliphatic carbocycles. The molecule has 0 spiro atoms. The minimum absolute atomic E-state index is 0.0842. The van der Waals surface area contributed by atoms with Gasteiger partial charge in [0.1, 0.15) is 5.82 Å². The van der Waals surface area contributed by atoms with Crippen LogP contribution in [0.3, 0.4) is 0 Å². The third kappa shape index (κ3) is 3.09. The molecular weight excluding hydrogens is 377 g/mol. The van der Waals surface area contributed by atoms with E-state index in [0.717, 1.165) is 11.4 Å². The molecule has 1 aromatic heterocycles. The highest BCUT2D eigenvalue weighted by Crippen LogP contribution is 2.40. The van der Waals surface area contributed by atoms with E-state index < -0.39 is 0 Å². The van der Waals surface area contributed by atoms with Gasteiger partial charge in [0.2, 0.25) is 6.79 Å². The molecular formula is C18H13Cl2N3O3. The second-order valence-corrected chi connectivity index (χ2v) is 6.55. The van der Waals surface area contributed by atoms with Gasteiger partial charge < -0.3 is 14.8 Å². The van der Waals surface area contributed by atoms with Crippen LogP contribution in [0.1, 0.15) is 16.1 Å². The molecule has 1 N–H and O–H groups in total. The molecule has 0 saturated heterocycles. The number of nitrogens with zero attached hydrogens (tertiary/aromatic N) is 2. The standard InChI is InChI=1S/C18H13Cl2N3O3/c1-10-5-16(23(22-10)13-4-2-3-12(19)8-13)21-18(24)11-6-14(20)17-15(7-11)25-9-26-17/h2-8H,9H2,1H3,(H,21,24). The number of rotatable bonds is 3. The van der Waals surface area contributed by atoms with Crippen molar-refractivity contribution in [2.24, 2.45) is 0 Å². The number of carbonyl (C=O) groups is 1. The molecule has 0 unspecified atom stereocenters. The lowest BCUT2D eigenvalue weighted by molar-refractivity contribution is 0.102. The van der Waals surface area contributed by atoms with Crippen LogP contribution in [0.4, 0.5) is 5.82 Å². The summed E-state index contributed by atoms with van der Waals surface area (Å²) in [5, 5.41) is 8.17. The van der Waals surface area contributed by atoms with Gasteiger partial charge in [-0.3, -0.25) is 4.79 Å². The number of carbonyl (C=O) groups excluding carboxylic acids is 1. The molecule has 0 radical (unpaired) electrons. The SMILES string of the molecule is Cc1cc(NC(=O)c2cc(Cl)c3c(c2)OCO3)n(-c2cccc(Cl)c2)n1. The van der Waals surface area contributed by atoms with Gasteiger partial charge in [-0.2, -0.15) is 5.10 Å². The van der Waals surface area contributed by atoms with Gasteiger partial charge in [0, 0.05) is 16.7 Å². The summed E-state index contributed by atoms with van der Waals surface area (Å²) in [5.74, 6) is 1.07. The van der Waals surface area contributed by atoms with E-state index in [4.69, 9.17) is 32.7 Å². The van der Waals surface area contributed by atoms with Crippen molar-refractivity contribution in [1.82, 2.24) is 9.78 Å². The zero-order valence-electron chi connectivity index (χ0n) is 13.6. The number of aromatic nitrogens is 2. The largest absolute Gasteiger partial charge is 0.454 e. The Hall–Kier alpha value is -2.70. The van der Waals surface area contributed by atoms with E-state index in [1.165, 1.54) is 6.07 Å². The van der Waals surface area contributed by atoms with Gasteiger partial charge in [-0.05, 0) is 37.3 Å². The monoisotopic (exact) mass is 389 g/mol. The van der Waals surface area contributed by atoms with Crippen molar-refractivity contribution in [3.63, 3.8) is 0 Å². The third-order valence-electron chi connectivity index (χ3n) is 3.82. The first-order chi connectivity index (χ1) is 12.5. The minimum atomic E-state index is -0.339. The number of nitrogens with one attached hydrogen (secondary N) is 1. The van der Waals surface area contributed by atoms with Crippen LogP contribution in [-0.2, 0) is 0 Å². The van der Waals surface area contributed by atoms with Crippen LogP contribution in [0.15, 0.2) is 42.5 Å². The van der Waals surface area contributed by atoms with Gasteiger partial charge >= 0.3 is 0 Å². The Morgan fingerprint density at radius 1 is 1.19 bits per heavy atom. The number of anilines is 1. The number of fused-ring (bicyclic) bond motifs is 1. The Bertz CT molecular complexity index is 1020. The number of halogens is 2. The highest BCUT2D eigenvalue weighted by Gasteiger charge is 2.21. The molecule has 2 heterocycles. The summed E-state index contributed by atoms with van der Waals surface area (Å²) in [6.45, 7) is 1.93. The lowest BCUT2D eigenvalue weighted by Gasteiger charge is -2.10. The summed E-state index contributed by atoms with van der Waals surface area (Å²) in [7, 11) is 0. The van der Waals surface area contributed by atoms with Crippen molar-refractivity contribution >= 4 is 34.9 Å². The number of aryl methyl sites for hydroxylation is 1. The number of benzene rings is 2. The maximum atomic E-state index is 12.7. The van der Waals surface area contributed by atoms with E-state index in [1.54, 1.807) is 28.9 Å². The minimum Gasteiger partial charge on any atom is -0.454 e. The van der Waals surface area contributed by atoms with E-state index in [-0.39, 0.29) is 12.7 Å². The number of ether oxygens (including phenoxy) is 2. The first-order valence-corrected chi connectivity index (χ1v) is 8.50. The molecule has 132 valence electrons. The lowest BCUT2D eigenvalue weighted by atomic mass is 10.2. The average Bonchev–Trinajstić information content (AvgIpc) is 3.21. The van der Waals surface area contributed by atoms with Crippen LogP contribution in [0.5, 0.6) is 11.5 Å². The Balaban J connectivity index is 1.66. The van der Waals surface area contributed by atoms with Crippen molar-refractivity contribution in [3.8, 4) is 17.2 Å². The van der Waals surface area contributed by atoms with Gasteiger partial charge in [0.15, 0.2) is 11.5 Å². The highest BCUT2D eigenvalue weighted by molar-refractivity contribution is 6.33. The van der Waals surface area contributed by atoms with Gasteiger partial charge in [-0.1, -0.05) is 29.3 Å². The van der Waals surface area contributed by atoms with Crippen LogP contribution in [0.2, 0.25) is 10.0 Å². The van der Waals surface area contributed by atoms with Crippen molar-refractivity contribution in [2.45, 2.75) is 6.92 Å². The molecule has 1 amide bonds. The van der Waals surface area contributed by atoms with Gasteiger partial charge in [0.25, 0.3) is 5.91 Å². The zero-order chi connectivity index (χ0) is 18.3. The number of amides is 1. The van der Waals surface area contributed by atoms with Crippen molar-refractivity contribution < 1.29 is 14.3 Å². The summed E-state index contributed by atoms with van der Waals surface area (Å²) >= 11 is 12.2. The van der Waals surface area contributed by atoms with E-state index in [2.05, 4.69) is 10.4 Å². The maximum absolute atomic E-state index is 12.7. The van der Waals surface area contributed by atoms with Gasteiger partial charge in [0.05, 0.1) is 16.4 Å². The topological polar surface area (TPSA) is 65.4 Å². The molecule has 26 heavy (non-hydrogen) atoms. The molecule has 2 aromatic carbocycles. The van der Waals surface area contributed by atoms with Gasteiger partial charge in [-0.15, -0.1) is 0 Å². The summed E-state index contributed by atoms with van der Waals surface area (Å²) in [5.41, 5.74) is 1.85. The second-order valence-electron chi connectivity index (χ2n) is 5.71. The molecule has 0 fully saturated rings. The summed E-state index contributed by atoms with van der Waals surface area (Å²) < 4.78 is 12.2. The first kappa shape index (κ1) is 16.8. The summed E-state index contributed by atoms with van der Waals surface area (Å²) in [6.07, 6.45) is 0. The molecule has 4 rings (SSSR count). The molecule has 0 saturated carbocycles. The summed E-state index contributed by atoms with van der Waals surface area (Å²) in [6, 6.07) is 12.1. The fourth-order valence-corrected chi connectivity index (χ4v) is 3.13. The fraction of sp³-hybridized carbons (Fsp3) is 0.111. The van der Waals surface area contributed by atoms with Crippen LogP contribution in [0.25, 0.3) is 5.69 Å². The molecule has 6 nitrogen and oxygen atoms in total. The van der Waals surface area contributed by atoms with E-state index >= 15 is 0 Å². The predicted octanol–water partition coefficient (Wildman–Crippen LogP) is 4.47. The lowest BCUT2D eigenvalue weighted by Crippen LogP contribution is -2.15.